The van der Waals surface area contributed by atoms with E-state index in [1.54, 1.807) is 41.0 Å². The van der Waals surface area contributed by atoms with Gasteiger partial charge >= 0.3 is 0 Å². The summed E-state index contributed by atoms with van der Waals surface area (Å²) in [6.07, 6.45) is 3.49. The van der Waals surface area contributed by atoms with Crippen LogP contribution in [0, 0.1) is 0 Å². The van der Waals surface area contributed by atoms with Crippen LogP contribution in [0.25, 0.3) is 11.0 Å². The third-order valence-electron chi connectivity index (χ3n) is 6.07. The Morgan fingerprint density at radius 1 is 1.00 bits per heavy atom. The molecule has 3 heterocycles. The predicted molar refractivity (Wildman–Crippen MR) is 144 cm³/mol. The van der Waals surface area contributed by atoms with Crippen molar-refractivity contribution in [3.8, 4) is 0 Å². The lowest BCUT2D eigenvalue weighted by Gasteiger charge is -2.33. The number of sulfonamides is 1. The molecule has 0 radical (unpaired) electrons. The number of hydrogen-bond donors (Lipinski definition) is 3. The number of nitrogens with one attached hydrogen (secondary N) is 3. The summed E-state index contributed by atoms with van der Waals surface area (Å²) in [4.78, 5) is 14.5. The Hall–Kier alpha value is -3.38. The minimum atomic E-state index is -3.57. The van der Waals surface area contributed by atoms with Crippen molar-refractivity contribution in [2.75, 3.05) is 31.5 Å². The van der Waals surface area contributed by atoms with Crippen molar-refractivity contribution < 1.29 is 8.42 Å². The number of fused-ring (bicyclic) bond motifs is 1. The van der Waals surface area contributed by atoms with Crippen LogP contribution in [0.4, 0.5) is 5.69 Å². The lowest BCUT2D eigenvalue weighted by Crippen LogP contribution is -2.48. The van der Waals surface area contributed by atoms with Gasteiger partial charge in [-0.15, -0.1) is 0 Å². The van der Waals surface area contributed by atoms with Crippen molar-refractivity contribution in [1.82, 2.24) is 29.5 Å². The highest BCUT2D eigenvalue weighted by Gasteiger charge is 2.28. The lowest BCUT2D eigenvalue weighted by molar-refractivity contribution is 0.178. The van der Waals surface area contributed by atoms with Crippen molar-refractivity contribution in [1.29, 1.82) is 0 Å². The molecule has 4 aromatic rings. The van der Waals surface area contributed by atoms with Gasteiger partial charge in [-0.2, -0.15) is 4.31 Å². The van der Waals surface area contributed by atoms with E-state index in [4.69, 9.17) is 12.2 Å². The summed E-state index contributed by atoms with van der Waals surface area (Å²) in [5.74, 6) is 0.892. The van der Waals surface area contributed by atoms with Gasteiger partial charge in [-0.05, 0) is 60.2 Å². The summed E-state index contributed by atoms with van der Waals surface area (Å²) < 4.78 is 27.9. The number of benzene rings is 2. The molecule has 2 aromatic heterocycles. The van der Waals surface area contributed by atoms with Gasteiger partial charge in [-0.3, -0.25) is 9.88 Å². The Kier molecular flexibility index (Phi) is 7.23. The van der Waals surface area contributed by atoms with Gasteiger partial charge < -0.3 is 15.6 Å². The Balaban J connectivity index is 1.13. The van der Waals surface area contributed by atoms with Gasteiger partial charge in [0, 0.05) is 50.8 Å². The summed E-state index contributed by atoms with van der Waals surface area (Å²) in [7, 11) is -3.57. The average Bonchev–Trinajstić information content (AvgIpc) is 3.31. The number of pyridine rings is 1. The number of nitrogens with zero attached hydrogens (tertiary/aromatic N) is 4. The van der Waals surface area contributed by atoms with E-state index in [1.807, 2.05) is 36.4 Å². The fourth-order valence-electron chi connectivity index (χ4n) is 4.14. The van der Waals surface area contributed by atoms with E-state index in [0.29, 0.717) is 50.1 Å². The summed E-state index contributed by atoms with van der Waals surface area (Å²) >= 11 is 5.34. The summed E-state index contributed by atoms with van der Waals surface area (Å²) in [6, 6.07) is 18.4. The molecule has 0 spiro atoms. The molecular weight excluding hydrogens is 494 g/mol. The van der Waals surface area contributed by atoms with Gasteiger partial charge in [0.25, 0.3) is 0 Å². The Bertz CT molecular complexity index is 1400. The Labute approximate surface area is 215 Å². The molecule has 1 aliphatic heterocycles. The number of aromatic amines is 1. The van der Waals surface area contributed by atoms with Crippen molar-refractivity contribution in [3.63, 3.8) is 0 Å². The van der Waals surface area contributed by atoms with Crippen LogP contribution in [-0.4, -0.2) is 63.9 Å². The first kappa shape index (κ1) is 24.3. The molecule has 186 valence electrons. The van der Waals surface area contributed by atoms with E-state index in [2.05, 4.69) is 30.5 Å². The molecule has 0 atom stereocenters. The fraction of sp³-hybridized carbons (Fsp3) is 0.240. The molecule has 3 N–H and O–H groups in total. The number of anilines is 1. The molecule has 9 nitrogen and oxygen atoms in total. The predicted octanol–water partition coefficient (Wildman–Crippen LogP) is 2.95. The third-order valence-corrected chi connectivity index (χ3v) is 8.23. The maximum atomic E-state index is 13.2. The Morgan fingerprint density at radius 2 is 1.78 bits per heavy atom. The van der Waals surface area contributed by atoms with Crippen LogP contribution in [0.1, 0.15) is 11.4 Å². The number of imidazole rings is 1. The maximum Gasteiger partial charge on any atom is 0.243 e. The number of para-hydroxylation sites is 2. The first-order valence-electron chi connectivity index (χ1n) is 11.7. The molecule has 1 saturated heterocycles. The topological polar surface area (TPSA) is 106 Å². The van der Waals surface area contributed by atoms with Gasteiger partial charge in [0.2, 0.25) is 10.0 Å². The van der Waals surface area contributed by atoms with Crippen LogP contribution in [0.5, 0.6) is 0 Å². The van der Waals surface area contributed by atoms with Gasteiger partial charge in [-0.25, -0.2) is 13.4 Å². The molecule has 5 rings (SSSR count). The molecular formula is C25H27N7O2S2. The van der Waals surface area contributed by atoms with Crippen LogP contribution >= 0.6 is 12.2 Å². The number of aromatic nitrogens is 3. The second-order valence-electron chi connectivity index (χ2n) is 8.57. The van der Waals surface area contributed by atoms with Crippen molar-refractivity contribution in [2.45, 2.75) is 18.0 Å². The van der Waals surface area contributed by atoms with E-state index in [9.17, 15) is 8.42 Å². The molecule has 2 aromatic carbocycles. The van der Waals surface area contributed by atoms with Crippen molar-refractivity contribution in [3.05, 3.63) is 84.4 Å². The minimum absolute atomic E-state index is 0.271. The number of H-pyrrole nitrogens is 1. The van der Waals surface area contributed by atoms with E-state index < -0.39 is 10.0 Å². The molecule has 11 heteroatoms. The smallest absolute Gasteiger partial charge is 0.243 e. The van der Waals surface area contributed by atoms with Gasteiger partial charge in [-0.1, -0.05) is 18.2 Å². The maximum absolute atomic E-state index is 13.2. The van der Waals surface area contributed by atoms with Gasteiger partial charge in [0.05, 0.1) is 22.5 Å². The average molecular weight is 522 g/mol. The molecule has 36 heavy (non-hydrogen) atoms. The highest BCUT2D eigenvalue weighted by Crippen LogP contribution is 2.21. The van der Waals surface area contributed by atoms with Crippen LogP contribution in [-0.2, 0) is 23.1 Å². The Morgan fingerprint density at radius 3 is 2.50 bits per heavy atom. The third kappa shape index (κ3) is 5.71. The van der Waals surface area contributed by atoms with Crippen LogP contribution in [0.15, 0.2) is 78.0 Å². The van der Waals surface area contributed by atoms with Crippen LogP contribution in [0.3, 0.4) is 0 Å². The first-order chi connectivity index (χ1) is 17.5. The summed E-state index contributed by atoms with van der Waals surface area (Å²) in [5.41, 5.74) is 3.68. The fourth-order valence-corrected chi connectivity index (χ4v) is 5.75. The second-order valence-corrected chi connectivity index (χ2v) is 10.9. The number of piperazine rings is 1. The summed E-state index contributed by atoms with van der Waals surface area (Å²) in [6.45, 7) is 3.38. The molecule has 0 unspecified atom stereocenters. The lowest BCUT2D eigenvalue weighted by atomic mass is 10.3. The van der Waals surface area contributed by atoms with Crippen molar-refractivity contribution in [2.24, 2.45) is 0 Å². The molecule has 0 aliphatic carbocycles. The van der Waals surface area contributed by atoms with Gasteiger partial charge in [0.1, 0.15) is 5.82 Å². The second kappa shape index (κ2) is 10.7. The van der Waals surface area contributed by atoms with E-state index in [1.165, 1.54) is 0 Å². The van der Waals surface area contributed by atoms with Crippen molar-refractivity contribution >= 4 is 44.1 Å². The molecule has 0 amide bonds. The molecule has 1 fully saturated rings. The monoisotopic (exact) mass is 521 g/mol. The SMILES string of the molecule is O=S(=O)(c1ccc(NC(=S)NCc2cccnc2)cc1)N1CCN(Cc2nc3ccccc3[nH]2)CC1. The minimum Gasteiger partial charge on any atom is -0.358 e. The van der Waals surface area contributed by atoms with E-state index in [-0.39, 0.29) is 4.90 Å². The zero-order valence-corrected chi connectivity index (χ0v) is 21.2. The first-order valence-corrected chi connectivity index (χ1v) is 13.5. The van der Waals surface area contributed by atoms with E-state index in [0.717, 1.165) is 22.4 Å². The largest absolute Gasteiger partial charge is 0.358 e. The molecule has 1 aliphatic rings. The highest BCUT2D eigenvalue weighted by molar-refractivity contribution is 7.89. The number of hydrogen-bond acceptors (Lipinski definition) is 6. The number of rotatable bonds is 7. The molecule has 0 saturated carbocycles. The standard InChI is InChI=1S/C25H27N7O2S2/c33-36(34,21-9-7-20(8-10-21)28-25(35)27-17-19-4-3-11-26-16-19)32-14-12-31(13-15-32)18-24-29-22-5-1-2-6-23(22)30-24/h1-11,16H,12-15,17-18H2,(H,29,30)(H2,27,28,35). The zero-order chi connectivity index (χ0) is 25.0. The quantitative estimate of drug-likeness (QED) is 0.319. The van der Waals surface area contributed by atoms with E-state index >= 15 is 0 Å². The summed E-state index contributed by atoms with van der Waals surface area (Å²) in [5, 5.41) is 6.65. The van der Waals surface area contributed by atoms with Crippen LogP contribution in [0.2, 0.25) is 0 Å². The van der Waals surface area contributed by atoms with Crippen LogP contribution < -0.4 is 10.6 Å². The number of thiocarbonyl (C=S) groups is 1. The highest BCUT2D eigenvalue weighted by atomic mass is 32.2. The molecule has 0 bridgehead atoms. The zero-order valence-electron chi connectivity index (χ0n) is 19.6. The normalized spacial score (nSPS) is 15.1. The van der Waals surface area contributed by atoms with Gasteiger partial charge in [0.15, 0.2) is 5.11 Å².